The summed E-state index contributed by atoms with van der Waals surface area (Å²) >= 11 is 1.73. The number of oxime groups is 1. The third-order valence-corrected chi connectivity index (χ3v) is 3.30. The predicted octanol–water partition coefficient (Wildman–Crippen LogP) is 2.14. The maximum Gasteiger partial charge on any atom is 0.433 e. The molecule has 1 aliphatic carbocycles. The van der Waals surface area contributed by atoms with E-state index in [2.05, 4.69) is 10.5 Å². The summed E-state index contributed by atoms with van der Waals surface area (Å²) in [6, 6.07) is 2.03. The van der Waals surface area contributed by atoms with E-state index < -0.39 is 6.09 Å². The van der Waals surface area contributed by atoms with E-state index in [1.165, 1.54) is 11.9 Å². The van der Waals surface area contributed by atoms with Crippen molar-refractivity contribution < 1.29 is 9.63 Å². The minimum Gasteiger partial charge on any atom is -0.323 e. The summed E-state index contributed by atoms with van der Waals surface area (Å²) in [5.41, 5.74) is 2.01. The second-order valence-electron chi connectivity index (χ2n) is 3.28. The van der Waals surface area contributed by atoms with Crippen LogP contribution in [0.25, 0.3) is 0 Å². The summed E-state index contributed by atoms with van der Waals surface area (Å²) in [6.45, 7) is 0. The fraction of sp³-hybridized carbons (Fsp3) is 0.400. The van der Waals surface area contributed by atoms with E-state index >= 15 is 0 Å². The van der Waals surface area contributed by atoms with Gasteiger partial charge in [-0.2, -0.15) is 0 Å². The normalized spacial score (nSPS) is 17.3. The third kappa shape index (κ3) is 2.18. The third-order valence-electron chi connectivity index (χ3n) is 2.32. The maximum atomic E-state index is 10.9. The van der Waals surface area contributed by atoms with Crippen molar-refractivity contribution in [1.82, 2.24) is 5.32 Å². The number of aryl methyl sites for hydroxylation is 1. The molecule has 0 unspecified atom stereocenters. The summed E-state index contributed by atoms with van der Waals surface area (Å²) in [4.78, 5) is 16.9. The summed E-state index contributed by atoms with van der Waals surface area (Å²) in [5, 5.41) is 8.28. The Labute approximate surface area is 91.9 Å². The summed E-state index contributed by atoms with van der Waals surface area (Å²) < 4.78 is 0. The van der Waals surface area contributed by atoms with Crippen molar-refractivity contribution >= 4 is 23.1 Å². The largest absolute Gasteiger partial charge is 0.433 e. The average Bonchev–Trinajstić information content (AvgIpc) is 2.74. The molecule has 0 fully saturated rings. The minimum atomic E-state index is -0.523. The summed E-state index contributed by atoms with van der Waals surface area (Å²) in [6.07, 6.45) is 2.53. The Balaban J connectivity index is 2.15. The molecule has 1 amide bonds. The van der Waals surface area contributed by atoms with Crippen molar-refractivity contribution in [3.8, 4) is 0 Å². The number of thiophene rings is 1. The van der Waals surface area contributed by atoms with E-state index in [1.807, 2.05) is 11.4 Å². The number of hydrogen-bond donors (Lipinski definition) is 1. The monoisotopic (exact) mass is 224 g/mol. The Hall–Kier alpha value is -1.36. The summed E-state index contributed by atoms with van der Waals surface area (Å²) in [7, 11) is 1.51. The molecule has 2 rings (SSSR count). The van der Waals surface area contributed by atoms with Crippen LogP contribution in [0.15, 0.2) is 16.6 Å². The molecular weight excluding hydrogens is 212 g/mol. The van der Waals surface area contributed by atoms with Gasteiger partial charge < -0.3 is 5.32 Å². The lowest BCUT2D eigenvalue weighted by Crippen LogP contribution is -2.18. The molecule has 0 aliphatic heterocycles. The topological polar surface area (TPSA) is 50.7 Å². The van der Waals surface area contributed by atoms with E-state index in [1.54, 1.807) is 11.3 Å². The SMILES string of the molecule is CNC(=O)O/N=C1/CCCc2sccc21. The molecule has 5 heteroatoms. The first kappa shape index (κ1) is 10.2. The van der Waals surface area contributed by atoms with E-state index in [0.29, 0.717) is 0 Å². The second kappa shape index (κ2) is 4.44. The van der Waals surface area contributed by atoms with Gasteiger partial charge in [-0.1, -0.05) is 5.16 Å². The maximum absolute atomic E-state index is 10.9. The van der Waals surface area contributed by atoms with Crippen LogP contribution >= 0.6 is 11.3 Å². The highest BCUT2D eigenvalue weighted by atomic mass is 32.1. The van der Waals surface area contributed by atoms with Gasteiger partial charge in [-0.25, -0.2) is 4.79 Å². The van der Waals surface area contributed by atoms with Crippen LogP contribution in [0.2, 0.25) is 0 Å². The Bertz CT molecular complexity index is 398. The lowest BCUT2D eigenvalue weighted by Gasteiger charge is -2.12. The van der Waals surface area contributed by atoms with Gasteiger partial charge in [-0.15, -0.1) is 11.3 Å². The Morgan fingerprint density at radius 1 is 1.60 bits per heavy atom. The highest BCUT2D eigenvalue weighted by Crippen LogP contribution is 2.26. The summed E-state index contributed by atoms with van der Waals surface area (Å²) in [5.74, 6) is 0. The predicted molar refractivity (Wildman–Crippen MR) is 59.3 cm³/mol. The van der Waals surface area contributed by atoms with E-state index in [9.17, 15) is 4.79 Å². The molecule has 1 aromatic heterocycles. The van der Waals surface area contributed by atoms with Crippen molar-refractivity contribution in [1.29, 1.82) is 0 Å². The van der Waals surface area contributed by atoms with Crippen molar-refractivity contribution in [2.24, 2.45) is 5.16 Å². The molecule has 0 spiro atoms. The number of carbonyl (C=O) groups is 1. The molecule has 1 N–H and O–H groups in total. The zero-order valence-corrected chi connectivity index (χ0v) is 9.26. The van der Waals surface area contributed by atoms with Gasteiger partial charge in [0.2, 0.25) is 0 Å². The highest BCUT2D eigenvalue weighted by molar-refractivity contribution is 7.10. The Morgan fingerprint density at radius 2 is 2.47 bits per heavy atom. The number of amides is 1. The molecule has 0 radical (unpaired) electrons. The molecular formula is C10H12N2O2S. The van der Waals surface area contributed by atoms with Gasteiger partial charge in [0.25, 0.3) is 0 Å². The molecule has 1 aromatic rings. The zero-order chi connectivity index (χ0) is 10.7. The van der Waals surface area contributed by atoms with Gasteiger partial charge in [0, 0.05) is 17.5 Å². The molecule has 1 aliphatic rings. The van der Waals surface area contributed by atoms with Crippen LogP contribution in [0.1, 0.15) is 23.3 Å². The van der Waals surface area contributed by atoms with Crippen LogP contribution in [-0.4, -0.2) is 18.9 Å². The van der Waals surface area contributed by atoms with Crippen LogP contribution < -0.4 is 5.32 Å². The van der Waals surface area contributed by atoms with Crippen LogP contribution in [-0.2, 0) is 11.3 Å². The van der Waals surface area contributed by atoms with Gasteiger partial charge in [0.1, 0.15) is 0 Å². The lowest BCUT2D eigenvalue weighted by molar-refractivity contribution is 0.153. The number of carbonyl (C=O) groups excluding carboxylic acids is 1. The molecule has 0 saturated carbocycles. The molecule has 1 heterocycles. The molecule has 80 valence electrons. The van der Waals surface area contributed by atoms with Crippen LogP contribution in [0.4, 0.5) is 4.79 Å². The standard InChI is InChI=1S/C10H12N2O2S/c1-11-10(13)14-12-8-3-2-4-9-7(8)5-6-15-9/h5-6H,2-4H2,1H3,(H,11,13)/b12-8-. The molecule has 0 atom stereocenters. The van der Waals surface area contributed by atoms with Gasteiger partial charge in [0.15, 0.2) is 0 Å². The lowest BCUT2D eigenvalue weighted by atomic mass is 9.97. The number of nitrogens with one attached hydrogen (secondary N) is 1. The minimum absolute atomic E-state index is 0.523. The van der Waals surface area contributed by atoms with Crippen molar-refractivity contribution in [3.63, 3.8) is 0 Å². The second-order valence-corrected chi connectivity index (χ2v) is 4.28. The van der Waals surface area contributed by atoms with Crippen molar-refractivity contribution in [3.05, 3.63) is 21.9 Å². The van der Waals surface area contributed by atoms with Gasteiger partial charge in [0.05, 0.1) is 5.71 Å². The van der Waals surface area contributed by atoms with Crippen LogP contribution in [0, 0.1) is 0 Å². The van der Waals surface area contributed by atoms with Gasteiger partial charge >= 0.3 is 6.09 Å². The van der Waals surface area contributed by atoms with Gasteiger partial charge in [-0.05, 0) is 30.7 Å². The van der Waals surface area contributed by atoms with Crippen molar-refractivity contribution in [2.75, 3.05) is 7.05 Å². The van der Waals surface area contributed by atoms with Gasteiger partial charge in [-0.3, -0.25) is 4.84 Å². The molecule has 15 heavy (non-hydrogen) atoms. The van der Waals surface area contributed by atoms with Crippen molar-refractivity contribution in [2.45, 2.75) is 19.3 Å². The number of fused-ring (bicyclic) bond motifs is 1. The first-order valence-electron chi connectivity index (χ1n) is 4.83. The highest BCUT2D eigenvalue weighted by Gasteiger charge is 2.17. The number of rotatable bonds is 1. The quantitative estimate of drug-likeness (QED) is 0.587. The smallest absolute Gasteiger partial charge is 0.323 e. The fourth-order valence-corrected chi connectivity index (χ4v) is 2.52. The van der Waals surface area contributed by atoms with E-state index in [-0.39, 0.29) is 0 Å². The van der Waals surface area contributed by atoms with E-state index in [0.717, 1.165) is 30.5 Å². The van der Waals surface area contributed by atoms with Crippen LogP contribution in [0.5, 0.6) is 0 Å². The number of nitrogens with zero attached hydrogens (tertiary/aromatic N) is 1. The molecule has 0 aromatic carbocycles. The zero-order valence-electron chi connectivity index (χ0n) is 8.45. The van der Waals surface area contributed by atoms with E-state index in [4.69, 9.17) is 4.84 Å². The molecule has 4 nitrogen and oxygen atoms in total. The van der Waals surface area contributed by atoms with Crippen LogP contribution in [0.3, 0.4) is 0 Å². The fourth-order valence-electron chi connectivity index (χ4n) is 1.58. The average molecular weight is 224 g/mol. The Morgan fingerprint density at radius 3 is 3.27 bits per heavy atom. The first-order valence-corrected chi connectivity index (χ1v) is 5.71. The number of hydrogen-bond acceptors (Lipinski definition) is 4. The molecule has 0 saturated heterocycles. The molecule has 0 bridgehead atoms. The Kier molecular flexibility index (Phi) is 3.01. The first-order chi connectivity index (χ1) is 7.31.